The molecule has 0 saturated heterocycles. The summed E-state index contributed by atoms with van der Waals surface area (Å²) in [5, 5.41) is 0. The van der Waals surface area contributed by atoms with Crippen molar-refractivity contribution < 1.29 is 10.3 Å². The number of rotatable bonds is 5. The maximum absolute atomic E-state index is 12.3. The number of fused-ring (bicyclic) bond motifs is 1. The van der Waals surface area contributed by atoms with E-state index in [-0.39, 0.29) is 35.5 Å². The van der Waals surface area contributed by atoms with Gasteiger partial charge in [-0.25, -0.2) is 0 Å². The van der Waals surface area contributed by atoms with E-state index < -0.39 is 12.7 Å². The van der Waals surface area contributed by atoms with Gasteiger partial charge in [0.25, 0.3) is 0 Å². The highest BCUT2D eigenvalue weighted by atomic mass is 16.1. The lowest BCUT2D eigenvalue weighted by Crippen LogP contribution is -2.39. The van der Waals surface area contributed by atoms with Crippen LogP contribution in [0.1, 0.15) is 84.4 Å². The van der Waals surface area contributed by atoms with Gasteiger partial charge in [0.2, 0.25) is 0 Å². The zero-order valence-corrected chi connectivity index (χ0v) is 13.0. The Morgan fingerprint density at radius 1 is 1.37 bits per heavy atom. The topological polar surface area (TPSA) is 17.1 Å². The van der Waals surface area contributed by atoms with Crippen LogP contribution in [0, 0.1) is 29.1 Å². The van der Waals surface area contributed by atoms with Gasteiger partial charge in [0, 0.05) is 17.8 Å². The SMILES string of the molecule is [3H]C([3H])(CC(C)C)C([3H])([3H])[C@@H](C)[C@H]1CCC2C(=O)CCC[C@@]21C. The molecular weight excluding hydrogens is 232 g/mol. The molecule has 4 atom stereocenters. The molecule has 2 rings (SSSR count). The van der Waals surface area contributed by atoms with Gasteiger partial charge in [-0.15, -0.1) is 0 Å². The minimum atomic E-state index is -1.87. The molecule has 2 aliphatic rings. The highest BCUT2D eigenvalue weighted by Gasteiger charge is 2.52. The Balaban J connectivity index is 2.25. The van der Waals surface area contributed by atoms with Crippen molar-refractivity contribution in [3.05, 3.63) is 0 Å². The minimum Gasteiger partial charge on any atom is -0.299 e. The van der Waals surface area contributed by atoms with Crippen molar-refractivity contribution in [2.45, 2.75) is 79.0 Å². The van der Waals surface area contributed by atoms with Crippen molar-refractivity contribution in [1.82, 2.24) is 0 Å². The second-order valence-electron chi connectivity index (χ2n) is 7.27. The van der Waals surface area contributed by atoms with Gasteiger partial charge in [-0.1, -0.05) is 46.9 Å². The normalized spacial score (nSPS) is 41.2. The minimum absolute atomic E-state index is 0.0652. The molecule has 1 heteroatoms. The smallest absolute Gasteiger partial charge is 0.136 e. The summed E-state index contributed by atoms with van der Waals surface area (Å²) < 4.78 is 33.7. The fraction of sp³-hybridized carbons (Fsp3) is 0.944. The van der Waals surface area contributed by atoms with E-state index in [0.29, 0.717) is 12.2 Å². The number of carbonyl (C=O) groups is 1. The summed E-state index contributed by atoms with van der Waals surface area (Å²) in [6, 6.07) is 0. The number of hydrogen-bond donors (Lipinski definition) is 0. The molecule has 2 aliphatic carbocycles. The molecule has 0 radical (unpaired) electrons. The summed E-state index contributed by atoms with van der Waals surface area (Å²) in [6.07, 6.45) is 0.768. The zero-order chi connectivity index (χ0) is 17.6. The van der Waals surface area contributed by atoms with Crippen LogP contribution in [0.5, 0.6) is 0 Å². The molecule has 0 bridgehead atoms. The van der Waals surface area contributed by atoms with Crippen molar-refractivity contribution in [2.24, 2.45) is 29.1 Å². The summed E-state index contributed by atoms with van der Waals surface area (Å²) in [6.45, 7) is 7.89. The summed E-state index contributed by atoms with van der Waals surface area (Å²) >= 11 is 0. The van der Waals surface area contributed by atoms with Gasteiger partial charge >= 0.3 is 0 Å². The average molecular weight is 272 g/mol. The van der Waals surface area contributed by atoms with E-state index in [1.54, 1.807) is 0 Å². The molecule has 2 fully saturated rings. The maximum Gasteiger partial charge on any atom is 0.136 e. The number of hydrogen-bond acceptors (Lipinski definition) is 1. The van der Waals surface area contributed by atoms with E-state index in [0.717, 1.165) is 25.7 Å². The van der Waals surface area contributed by atoms with Crippen LogP contribution in [0.2, 0.25) is 0 Å². The highest BCUT2D eigenvalue weighted by Crippen LogP contribution is 2.57. The summed E-state index contributed by atoms with van der Waals surface area (Å²) in [5.41, 5.74) is -0.143. The summed E-state index contributed by atoms with van der Waals surface area (Å²) in [7, 11) is 0. The predicted octanol–water partition coefficient (Wildman–Crippen LogP) is 5.23. The Morgan fingerprint density at radius 2 is 2.11 bits per heavy atom. The van der Waals surface area contributed by atoms with Crippen LogP contribution in [0.4, 0.5) is 0 Å². The molecule has 2 saturated carbocycles. The van der Waals surface area contributed by atoms with E-state index in [4.69, 9.17) is 5.48 Å². The Kier molecular flexibility index (Phi) is 3.27. The van der Waals surface area contributed by atoms with Crippen LogP contribution in [0.15, 0.2) is 0 Å². The van der Waals surface area contributed by atoms with Gasteiger partial charge in [0.1, 0.15) is 5.78 Å². The van der Waals surface area contributed by atoms with Crippen LogP contribution >= 0.6 is 0 Å². The molecule has 0 aromatic heterocycles. The first-order valence-corrected chi connectivity index (χ1v) is 7.96. The second kappa shape index (κ2) is 5.97. The van der Waals surface area contributed by atoms with Gasteiger partial charge in [0.05, 0.1) is 0 Å². The number of carbonyl (C=O) groups excluding carboxylic acids is 1. The van der Waals surface area contributed by atoms with Gasteiger partial charge < -0.3 is 0 Å². The summed E-state index contributed by atoms with van der Waals surface area (Å²) in [4.78, 5) is 12.3. The van der Waals surface area contributed by atoms with Crippen LogP contribution in [-0.4, -0.2) is 5.78 Å². The first-order valence-electron chi connectivity index (χ1n) is 9.96. The Hall–Kier alpha value is -0.330. The van der Waals surface area contributed by atoms with Crippen LogP contribution in [-0.2, 0) is 4.79 Å². The monoisotopic (exact) mass is 272 g/mol. The van der Waals surface area contributed by atoms with Gasteiger partial charge in [-0.2, -0.15) is 0 Å². The molecule has 110 valence electrons. The predicted molar refractivity (Wildman–Crippen MR) is 81.0 cm³/mol. The summed E-state index contributed by atoms with van der Waals surface area (Å²) in [5.74, 6) is 0.247. The molecule has 1 nitrogen and oxygen atoms in total. The first-order chi connectivity index (χ1) is 10.4. The molecule has 0 aromatic rings. The molecule has 0 amide bonds. The molecule has 0 heterocycles. The third kappa shape index (κ3) is 3.06. The zero-order valence-electron chi connectivity index (χ0n) is 17.0. The lowest BCUT2D eigenvalue weighted by Gasteiger charge is -2.42. The molecule has 0 spiro atoms. The van der Waals surface area contributed by atoms with E-state index in [2.05, 4.69) is 6.92 Å². The standard InChI is InChI=1S/C18H32O/c1-13(2)7-5-8-14(3)15-10-11-16-17(19)9-6-12-18(15,16)4/h13-16H,5-12H2,1-4H3/t14-,15-,16?,18-/m1/s1/i5T2,8T2. The Morgan fingerprint density at radius 3 is 2.79 bits per heavy atom. The Labute approximate surface area is 125 Å². The van der Waals surface area contributed by atoms with Crippen LogP contribution in [0.3, 0.4) is 0 Å². The van der Waals surface area contributed by atoms with Crippen molar-refractivity contribution in [1.29, 1.82) is 0 Å². The van der Waals surface area contributed by atoms with Gasteiger partial charge in [-0.05, 0) is 48.9 Å². The number of ketones is 1. The van der Waals surface area contributed by atoms with E-state index in [9.17, 15) is 4.79 Å². The van der Waals surface area contributed by atoms with Crippen molar-refractivity contribution in [2.75, 3.05) is 0 Å². The first kappa shape index (κ1) is 10.4. The highest BCUT2D eigenvalue weighted by molar-refractivity contribution is 5.83. The largest absolute Gasteiger partial charge is 0.299 e. The molecule has 0 N–H and O–H groups in total. The van der Waals surface area contributed by atoms with Crippen LogP contribution in [0.25, 0.3) is 0 Å². The van der Waals surface area contributed by atoms with Crippen molar-refractivity contribution in [3.63, 3.8) is 0 Å². The molecule has 0 aliphatic heterocycles. The van der Waals surface area contributed by atoms with Crippen molar-refractivity contribution in [3.8, 4) is 0 Å². The van der Waals surface area contributed by atoms with E-state index in [1.165, 1.54) is 0 Å². The molecular formula is C18H32O. The molecule has 0 aromatic carbocycles. The molecule has 19 heavy (non-hydrogen) atoms. The van der Waals surface area contributed by atoms with E-state index in [1.807, 2.05) is 20.8 Å². The van der Waals surface area contributed by atoms with E-state index >= 15 is 0 Å². The maximum atomic E-state index is 12.3. The third-order valence-electron chi connectivity index (χ3n) is 5.38. The third-order valence-corrected chi connectivity index (χ3v) is 5.38. The lowest BCUT2D eigenvalue weighted by molar-refractivity contribution is -0.130. The van der Waals surface area contributed by atoms with Crippen LogP contribution < -0.4 is 0 Å². The quantitative estimate of drug-likeness (QED) is 0.669. The lowest BCUT2D eigenvalue weighted by atomic mass is 9.62. The van der Waals surface area contributed by atoms with Gasteiger partial charge in [-0.3, -0.25) is 4.79 Å². The average Bonchev–Trinajstić information content (AvgIpc) is 2.74. The second-order valence-corrected chi connectivity index (χ2v) is 7.27. The molecule has 1 unspecified atom stereocenters. The fourth-order valence-corrected chi connectivity index (χ4v) is 4.32. The fourth-order valence-electron chi connectivity index (χ4n) is 4.32. The Bertz CT molecular complexity index is 460. The van der Waals surface area contributed by atoms with Crippen molar-refractivity contribution >= 4 is 5.78 Å². The number of Topliss-reactive ketones (excluding diaryl/α,β-unsaturated/α-hetero) is 1. The van der Waals surface area contributed by atoms with Gasteiger partial charge in [0.15, 0.2) is 0 Å².